The highest BCUT2D eigenvalue weighted by Gasteiger charge is 2.21. The molecule has 28 heavy (non-hydrogen) atoms. The van der Waals surface area contributed by atoms with Gasteiger partial charge in [0.25, 0.3) is 10.0 Å². The van der Waals surface area contributed by atoms with Crippen LogP contribution in [-0.4, -0.2) is 17.4 Å². The molecule has 4 rings (SSSR count). The third-order valence-corrected chi connectivity index (χ3v) is 6.16. The fourth-order valence-electron chi connectivity index (χ4n) is 3.03. The summed E-state index contributed by atoms with van der Waals surface area (Å²) in [7, 11) is -3.68. The van der Waals surface area contributed by atoms with Crippen molar-refractivity contribution in [2.75, 3.05) is 0 Å². The molecule has 5 heteroatoms. The zero-order valence-corrected chi connectivity index (χ0v) is 17.4. The van der Waals surface area contributed by atoms with Crippen LogP contribution in [0.2, 0.25) is 0 Å². The summed E-state index contributed by atoms with van der Waals surface area (Å²) in [6, 6.07) is 18.8. The SMILES string of the molecule is CC.Cc1ccc(S(=O)(=O)n2cc(C)c3cc(-c4ccccc4)cnc32)cc1. The molecule has 0 atom stereocenters. The second kappa shape index (κ2) is 7.98. The number of aryl methyl sites for hydroxylation is 2. The Morgan fingerprint density at radius 3 is 2.14 bits per heavy atom. The van der Waals surface area contributed by atoms with Crippen LogP contribution >= 0.6 is 0 Å². The lowest BCUT2D eigenvalue weighted by Crippen LogP contribution is -2.12. The molecule has 0 aliphatic heterocycles. The molecule has 0 saturated carbocycles. The Morgan fingerprint density at radius 2 is 1.50 bits per heavy atom. The predicted molar refractivity (Wildman–Crippen MR) is 115 cm³/mol. The van der Waals surface area contributed by atoms with Gasteiger partial charge in [0.15, 0.2) is 5.65 Å². The molecule has 4 nitrogen and oxygen atoms in total. The second-order valence-electron chi connectivity index (χ2n) is 6.39. The zero-order valence-electron chi connectivity index (χ0n) is 16.5. The molecule has 0 bridgehead atoms. The highest BCUT2D eigenvalue weighted by atomic mass is 32.2. The van der Waals surface area contributed by atoms with Crippen LogP contribution in [-0.2, 0) is 10.0 Å². The van der Waals surface area contributed by atoms with Gasteiger partial charge in [-0.3, -0.25) is 0 Å². The molecule has 0 aliphatic carbocycles. The van der Waals surface area contributed by atoms with Crippen molar-refractivity contribution in [3.05, 3.63) is 84.2 Å². The highest BCUT2D eigenvalue weighted by molar-refractivity contribution is 7.90. The third-order valence-electron chi connectivity index (χ3n) is 4.50. The number of fused-ring (bicyclic) bond motifs is 1. The minimum atomic E-state index is -3.68. The quantitative estimate of drug-likeness (QED) is 0.457. The fourth-order valence-corrected chi connectivity index (χ4v) is 4.40. The van der Waals surface area contributed by atoms with Crippen LogP contribution in [0.4, 0.5) is 0 Å². The van der Waals surface area contributed by atoms with Crippen molar-refractivity contribution in [1.82, 2.24) is 8.96 Å². The predicted octanol–water partition coefficient (Wildman–Crippen LogP) is 5.58. The van der Waals surface area contributed by atoms with Crippen LogP contribution in [0, 0.1) is 13.8 Å². The first-order valence-electron chi connectivity index (χ1n) is 9.32. The monoisotopic (exact) mass is 392 g/mol. The molecule has 2 aromatic heterocycles. The van der Waals surface area contributed by atoms with Gasteiger partial charge in [0.2, 0.25) is 0 Å². The lowest BCUT2D eigenvalue weighted by molar-refractivity contribution is 0.588. The van der Waals surface area contributed by atoms with Crippen LogP contribution < -0.4 is 0 Å². The first-order valence-corrected chi connectivity index (χ1v) is 10.8. The molecule has 0 N–H and O–H groups in total. The van der Waals surface area contributed by atoms with Crippen molar-refractivity contribution in [2.45, 2.75) is 32.6 Å². The third kappa shape index (κ3) is 3.58. The number of aromatic nitrogens is 2. The van der Waals surface area contributed by atoms with Gasteiger partial charge in [0.1, 0.15) is 0 Å². The van der Waals surface area contributed by atoms with Gasteiger partial charge in [-0.2, -0.15) is 0 Å². The van der Waals surface area contributed by atoms with Gasteiger partial charge in [0.05, 0.1) is 4.90 Å². The zero-order chi connectivity index (χ0) is 20.3. The number of hydrogen-bond donors (Lipinski definition) is 0. The Hall–Kier alpha value is -2.92. The van der Waals surface area contributed by atoms with Gasteiger partial charge < -0.3 is 0 Å². The Kier molecular flexibility index (Phi) is 5.66. The molecular weight excluding hydrogens is 368 g/mol. The summed E-state index contributed by atoms with van der Waals surface area (Å²) < 4.78 is 27.4. The molecule has 0 fully saturated rings. The van der Waals surface area contributed by atoms with Crippen LogP contribution in [0.15, 0.2) is 78.0 Å². The molecule has 2 heterocycles. The number of nitrogens with zero attached hydrogens (tertiary/aromatic N) is 2. The van der Waals surface area contributed by atoms with E-state index in [1.165, 1.54) is 3.97 Å². The molecule has 4 aromatic rings. The van der Waals surface area contributed by atoms with E-state index in [-0.39, 0.29) is 4.90 Å². The Labute approximate surface area is 166 Å². The van der Waals surface area contributed by atoms with Crippen LogP contribution in [0.1, 0.15) is 25.0 Å². The van der Waals surface area contributed by atoms with Gasteiger partial charge in [-0.25, -0.2) is 17.4 Å². The van der Waals surface area contributed by atoms with Gasteiger partial charge in [-0.15, -0.1) is 0 Å². The normalized spacial score (nSPS) is 11.1. The van der Waals surface area contributed by atoms with Crippen molar-refractivity contribution >= 4 is 21.1 Å². The van der Waals surface area contributed by atoms with Gasteiger partial charge in [-0.05, 0) is 43.2 Å². The lowest BCUT2D eigenvalue weighted by atomic mass is 10.1. The van der Waals surface area contributed by atoms with Crippen molar-refractivity contribution in [2.24, 2.45) is 0 Å². The fraction of sp³-hybridized carbons (Fsp3) is 0.174. The maximum absolute atomic E-state index is 13.1. The Balaban J connectivity index is 0.00000109. The maximum Gasteiger partial charge on any atom is 0.269 e. The van der Waals surface area contributed by atoms with Crippen LogP contribution in [0.25, 0.3) is 22.2 Å². The van der Waals surface area contributed by atoms with Gasteiger partial charge in [0, 0.05) is 23.3 Å². The van der Waals surface area contributed by atoms with Crippen LogP contribution in [0.5, 0.6) is 0 Å². The topological polar surface area (TPSA) is 52.0 Å². The maximum atomic E-state index is 13.1. The second-order valence-corrected chi connectivity index (χ2v) is 8.20. The minimum Gasteiger partial charge on any atom is -0.237 e. The van der Waals surface area contributed by atoms with Crippen molar-refractivity contribution < 1.29 is 8.42 Å². The molecule has 0 unspecified atom stereocenters. The summed E-state index contributed by atoms with van der Waals surface area (Å²) in [6.07, 6.45) is 3.36. The van der Waals surface area contributed by atoms with Gasteiger partial charge >= 0.3 is 0 Å². The van der Waals surface area contributed by atoms with Crippen molar-refractivity contribution in [3.63, 3.8) is 0 Å². The van der Waals surface area contributed by atoms with E-state index in [4.69, 9.17) is 0 Å². The van der Waals surface area contributed by atoms with Crippen molar-refractivity contribution in [3.8, 4) is 11.1 Å². The average Bonchev–Trinajstić information content (AvgIpc) is 3.07. The summed E-state index contributed by atoms with van der Waals surface area (Å²) in [5.74, 6) is 0. The van der Waals surface area contributed by atoms with Crippen molar-refractivity contribution in [1.29, 1.82) is 0 Å². The van der Waals surface area contributed by atoms with E-state index >= 15 is 0 Å². The van der Waals surface area contributed by atoms with E-state index in [2.05, 4.69) is 4.98 Å². The minimum absolute atomic E-state index is 0.258. The Morgan fingerprint density at radius 1 is 0.857 bits per heavy atom. The summed E-state index contributed by atoms with van der Waals surface area (Å²) in [6.45, 7) is 7.83. The molecule has 0 aliphatic rings. The molecule has 2 aromatic carbocycles. The smallest absolute Gasteiger partial charge is 0.237 e. The number of hydrogen-bond acceptors (Lipinski definition) is 3. The molecule has 0 spiro atoms. The average molecular weight is 393 g/mol. The first kappa shape index (κ1) is 19.8. The van der Waals surface area contributed by atoms with Gasteiger partial charge in [-0.1, -0.05) is 61.9 Å². The standard InChI is InChI=1S/C21H18N2O2S.C2H6/c1-15-8-10-19(11-9-15)26(24,25)23-14-16(2)20-12-18(13-22-21(20)23)17-6-4-3-5-7-17;1-2/h3-14H,1-2H3;1-2H3. The summed E-state index contributed by atoms with van der Waals surface area (Å²) in [5.41, 5.74) is 4.36. The van der Waals surface area contributed by atoms with E-state index < -0.39 is 10.0 Å². The van der Waals surface area contributed by atoms with E-state index in [0.29, 0.717) is 5.65 Å². The lowest BCUT2D eigenvalue weighted by Gasteiger charge is -2.08. The number of benzene rings is 2. The highest BCUT2D eigenvalue weighted by Crippen LogP contribution is 2.28. The summed E-state index contributed by atoms with van der Waals surface area (Å²) >= 11 is 0. The molecule has 0 saturated heterocycles. The molecule has 144 valence electrons. The molecule has 0 amide bonds. The molecule has 0 radical (unpaired) electrons. The van der Waals surface area contributed by atoms with E-state index in [9.17, 15) is 8.42 Å². The number of rotatable bonds is 3. The largest absolute Gasteiger partial charge is 0.269 e. The Bertz CT molecular complexity index is 1190. The first-order chi connectivity index (χ1) is 13.5. The summed E-state index contributed by atoms with van der Waals surface area (Å²) in [4.78, 5) is 4.73. The van der Waals surface area contributed by atoms with E-state index in [1.807, 2.05) is 64.1 Å². The number of pyridine rings is 1. The van der Waals surface area contributed by atoms with Crippen LogP contribution in [0.3, 0.4) is 0 Å². The van der Waals surface area contributed by atoms with E-state index in [1.54, 1.807) is 36.7 Å². The van der Waals surface area contributed by atoms with E-state index in [0.717, 1.165) is 27.6 Å². The summed E-state index contributed by atoms with van der Waals surface area (Å²) in [5, 5.41) is 0.835. The molecular formula is C23H24N2O2S.